The average molecular weight is 475 g/mol. The van der Waals surface area contributed by atoms with E-state index in [2.05, 4.69) is 17.1 Å². The average Bonchev–Trinajstić information content (AvgIpc) is 2.77. The van der Waals surface area contributed by atoms with Gasteiger partial charge in [0, 0.05) is 30.9 Å². The Morgan fingerprint density at radius 2 is 1.97 bits per heavy atom. The highest BCUT2D eigenvalue weighted by molar-refractivity contribution is 7.92. The van der Waals surface area contributed by atoms with E-state index in [-0.39, 0.29) is 17.4 Å². The van der Waals surface area contributed by atoms with Crippen LogP contribution < -0.4 is 14.5 Å². The highest BCUT2D eigenvalue weighted by Crippen LogP contribution is 2.25. The van der Waals surface area contributed by atoms with Crippen LogP contribution in [0.2, 0.25) is 0 Å². The molecule has 1 aliphatic heterocycles. The molecule has 2 atom stereocenters. The van der Waals surface area contributed by atoms with Crippen molar-refractivity contribution in [1.82, 2.24) is 5.32 Å². The van der Waals surface area contributed by atoms with Crippen LogP contribution in [-0.2, 0) is 14.8 Å². The van der Waals surface area contributed by atoms with Gasteiger partial charge in [-0.25, -0.2) is 8.42 Å². The second kappa shape index (κ2) is 10.2. The van der Waals surface area contributed by atoms with E-state index in [1.54, 1.807) is 0 Å². The van der Waals surface area contributed by atoms with Gasteiger partial charge in [0.1, 0.15) is 6.54 Å². The number of carbonyl (C=O) groups is 1. The number of nitrogens with zero attached hydrogens (tertiary/aromatic N) is 3. The Bertz CT molecular complexity index is 1100. The predicted octanol–water partition coefficient (Wildman–Crippen LogP) is 3.47. The maximum atomic E-state index is 12.7. The van der Waals surface area contributed by atoms with Crippen LogP contribution in [0.4, 0.5) is 17.1 Å². The molecule has 2 unspecified atom stereocenters. The number of sulfonamides is 1. The van der Waals surface area contributed by atoms with E-state index < -0.39 is 27.4 Å². The molecular weight excluding hydrogens is 444 g/mol. The largest absolute Gasteiger partial charge is 0.371 e. The van der Waals surface area contributed by atoms with Gasteiger partial charge >= 0.3 is 0 Å². The van der Waals surface area contributed by atoms with Gasteiger partial charge in [0.15, 0.2) is 0 Å². The van der Waals surface area contributed by atoms with Crippen molar-refractivity contribution in [3.05, 3.63) is 64.2 Å². The van der Waals surface area contributed by atoms with Crippen LogP contribution in [0.25, 0.3) is 0 Å². The molecule has 1 N–H and O–H groups in total. The van der Waals surface area contributed by atoms with Crippen molar-refractivity contribution in [2.75, 3.05) is 35.1 Å². The summed E-state index contributed by atoms with van der Waals surface area (Å²) in [6, 6.07) is 12.9. The summed E-state index contributed by atoms with van der Waals surface area (Å²) in [5, 5.41) is 13.9. The lowest BCUT2D eigenvalue weighted by atomic mass is 9.99. The van der Waals surface area contributed by atoms with Crippen molar-refractivity contribution >= 4 is 33.0 Å². The second-order valence-electron chi connectivity index (χ2n) is 8.62. The molecule has 2 aromatic rings. The van der Waals surface area contributed by atoms with E-state index in [0.29, 0.717) is 5.92 Å². The summed E-state index contributed by atoms with van der Waals surface area (Å²) in [7, 11) is -3.83. The Labute approximate surface area is 194 Å². The van der Waals surface area contributed by atoms with Crippen molar-refractivity contribution in [2.24, 2.45) is 5.92 Å². The number of rotatable bonds is 8. The van der Waals surface area contributed by atoms with Gasteiger partial charge in [-0.15, -0.1) is 0 Å². The minimum Gasteiger partial charge on any atom is -0.371 e. The molecule has 33 heavy (non-hydrogen) atoms. The maximum Gasteiger partial charge on any atom is 0.271 e. The SMILES string of the molecule is CC1CCCN(c2ccc(C(C)NC(=O)CN(c3cccc([N+](=O)[O-])c3)S(C)(=O)=O)cc2)C1. The Kier molecular flexibility index (Phi) is 7.57. The fourth-order valence-electron chi connectivity index (χ4n) is 4.06. The predicted molar refractivity (Wildman–Crippen MR) is 129 cm³/mol. The van der Waals surface area contributed by atoms with Gasteiger partial charge in [0.25, 0.3) is 5.69 Å². The molecule has 3 rings (SSSR count). The van der Waals surface area contributed by atoms with Gasteiger partial charge in [-0.2, -0.15) is 0 Å². The van der Waals surface area contributed by atoms with Crippen LogP contribution in [0, 0.1) is 16.0 Å². The molecule has 1 aliphatic rings. The number of amides is 1. The van der Waals surface area contributed by atoms with Crippen LogP contribution in [0.1, 0.15) is 38.3 Å². The van der Waals surface area contributed by atoms with Crippen molar-refractivity contribution < 1.29 is 18.1 Å². The van der Waals surface area contributed by atoms with Crippen LogP contribution >= 0.6 is 0 Å². The van der Waals surface area contributed by atoms with E-state index in [4.69, 9.17) is 0 Å². The van der Waals surface area contributed by atoms with E-state index in [0.717, 1.165) is 41.0 Å². The third-order valence-corrected chi connectivity index (χ3v) is 6.95. The number of nitrogens with one attached hydrogen (secondary N) is 1. The molecule has 10 heteroatoms. The van der Waals surface area contributed by atoms with E-state index in [1.165, 1.54) is 31.0 Å². The van der Waals surface area contributed by atoms with Gasteiger partial charge in [0.05, 0.1) is 22.9 Å². The van der Waals surface area contributed by atoms with Gasteiger partial charge in [-0.3, -0.25) is 19.2 Å². The molecule has 178 valence electrons. The Morgan fingerprint density at radius 3 is 2.58 bits per heavy atom. The fourth-order valence-corrected chi connectivity index (χ4v) is 4.91. The first-order valence-corrected chi connectivity index (χ1v) is 12.8. The summed E-state index contributed by atoms with van der Waals surface area (Å²) in [5.41, 5.74) is 1.86. The number of hydrogen-bond acceptors (Lipinski definition) is 6. The number of nitro benzene ring substituents is 1. The lowest BCUT2D eigenvalue weighted by molar-refractivity contribution is -0.384. The number of hydrogen-bond donors (Lipinski definition) is 1. The minimum absolute atomic E-state index is 0.0645. The monoisotopic (exact) mass is 474 g/mol. The van der Waals surface area contributed by atoms with Gasteiger partial charge in [-0.1, -0.05) is 25.1 Å². The van der Waals surface area contributed by atoms with E-state index in [9.17, 15) is 23.3 Å². The lowest BCUT2D eigenvalue weighted by Crippen LogP contribution is -2.41. The molecule has 0 aliphatic carbocycles. The van der Waals surface area contributed by atoms with Gasteiger partial charge < -0.3 is 10.2 Å². The Hall–Kier alpha value is -3.14. The number of nitro groups is 1. The number of anilines is 2. The number of non-ortho nitro benzene ring substituents is 1. The molecule has 1 heterocycles. The number of piperidine rings is 1. The topological polar surface area (TPSA) is 113 Å². The molecule has 0 bridgehead atoms. The smallest absolute Gasteiger partial charge is 0.271 e. The third kappa shape index (κ3) is 6.44. The summed E-state index contributed by atoms with van der Waals surface area (Å²) in [5.74, 6) is 0.161. The van der Waals surface area contributed by atoms with Gasteiger partial charge in [-0.05, 0) is 49.4 Å². The molecule has 1 amide bonds. The molecule has 0 saturated carbocycles. The molecule has 9 nitrogen and oxygen atoms in total. The Morgan fingerprint density at radius 1 is 1.27 bits per heavy atom. The van der Waals surface area contributed by atoms with Gasteiger partial charge in [0.2, 0.25) is 15.9 Å². The van der Waals surface area contributed by atoms with Crippen molar-refractivity contribution in [2.45, 2.75) is 32.7 Å². The zero-order valence-electron chi connectivity index (χ0n) is 19.1. The number of benzene rings is 2. The molecule has 0 spiro atoms. The first-order valence-electron chi connectivity index (χ1n) is 10.9. The molecule has 0 aromatic heterocycles. The van der Waals surface area contributed by atoms with Crippen LogP contribution in [-0.4, -0.2) is 45.1 Å². The molecule has 0 radical (unpaired) electrons. The normalized spacial score (nSPS) is 17.3. The second-order valence-corrected chi connectivity index (χ2v) is 10.5. The van der Waals surface area contributed by atoms with E-state index in [1.807, 2.05) is 31.2 Å². The first kappa shape index (κ1) is 24.5. The maximum absolute atomic E-state index is 12.7. The van der Waals surface area contributed by atoms with Crippen LogP contribution in [0.3, 0.4) is 0 Å². The number of carbonyl (C=O) groups excluding carboxylic acids is 1. The van der Waals surface area contributed by atoms with Crippen LogP contribution in [0.15, 0.2) is 48.5 Å². The summed E-state index contributed by atoms with van der Waals surface area (Å²) in [6.45, 7) is 5.67. The zero-order valence-corrected chi connectivity index (χ0v) is 19.9. The van der Waals surface area contributed by atoms with Crippen molar-refractivity contribution in [3.63, 3.8) is 0 Å². The molecular formula is C23H30N4O5S. The summed E-state index contributed by atoms with van der Waals surface area (Å²) in [4.78, 5) is 25.5. The third-order valence-electron chi connectivity index (χ3n) is 5.81. The highest BCUT2D eigenvalue weighted by atomic mass is 32.2. The van der Waals surface area contributed by atoms with E-state index >= 15 is 0 Å². The first-order chi connectivity index (χ1) is 15.5. The summed E-state index contributed by atoms with van der Waals surface area (Å²) >= 11 is 0. The molecule has 1 fully saturated rings. The van der Waals surface area contributed by atoms with Crippen molar-refractivity contribution in [1.29, 1.82) is 0 Å². The molecule has 1 saturated heterocycles. The summed E-state index contributed by atoms with van der Waals surface area (Å²) in [6.07, 6.45) is 3.39. The summed E-state index contributed by atoms with van der Waals surface area (Å²) < 4.78 is 25.4. The quantitative estimate of drug-likeness (QED) is 0.463. The minimum atomic E-state index is -3.83. The fraction of sp³-hybridized carbons (Fsp3) is 0.435. The zero-order chi connectivity index (χ0) is 24.2. The van der Waals surface area contributed by atoms with Crippen molar-refractivity contribution in [3.8, 4) is 0 Å². The highest BCUT2D eigenvalue weighted by Gasteiger charge is 2.24. The Balaban J connectivity index is 1.68. The molecule has 2 aromatic carbocycles. The standard InChI is InChI=1S/C23H30N4O5S/c1-17-6-5-13-25(15-17)20-11-9-19(10-12-20)18(2)24-23(28)16-26(33(3,31)32)21-7-4-8-22(14-21)27(29)30/h4,7-12,14,17-18H,5-6,13,15-16H2,1-3H3,(H,24,28). The van der Waals surface area contributed by atoms with Crippen LogP contribution in [0.5, 0.6) is 0 Å². The lowest BCUT2D eigenvalue weighted by Gasteiger charge is -2.33.